The summed E-state index contributed by atoms with van der Waals surface area (Å²) in [5.74, 6) is 0.915. The fourth-order valence-corrected chi connectivity index (χ4v) is 1.14. The van der Waals surface area contributed by atoms with Gasteiger partial charge in [-0.05, 0) is 44.2 Å². The number of rotatable bonds is 3. The van der Waals surface area contributed by atoms with E-state index in [9.17, 15) is 0 Å². The molecule has 0 unspecified atom stereocenters. The van der Waals surface area contributed by atoms with Crippen LogP contribution >= 0.6 is 0 Å². The van der Waals surface area contributed by atoms with Crippen molar-refractivity contribution in [2.45, 2.75) is 39.2 Å². The molecule has 13 heavy (non-hydrogen) atoms. The third-order valence-corrected chi connectivity index (χ3v) is 1.77. The number of nitrogens with zero attached hydrogens (tertiary/aromatic N) is 4. The summed E-state index contributed by atoms with van der Waals surface area (Å²) >= 11 is 0. The molecule has 0 atom stereocenters. The van der Waals surface area contributed by atoms with Crippen LogP contribution in [0.2, 0.25) is 0 Å². The van der Waals surface area contributed by atoms with Crippen molar-refractivity contribution < 1.29 is 0 Å². The molecule has 0 aliphatic carbocycles. The highest BCUT2D eigenvalue weighted by molar-refractivity contribution is 4.86. The number of nitrogens with two attached hydrogens (primary N) is 1. The van der Waals surface area contributed by atoms with Crippen molar-refractivity contribution >= 4 is 0 Å². The Kier molecular flexibility index (Phi) is 2.98. The van der Waals surface area contributed by atoms with E-state index in [0.29, 0.717) is 6.54 Å². The van der Waals surface area contributed by atoms with E-state index in [0.717, 1.165) is 18.7 Å². The standard InChI is InChI=1S/C8H17N5/c1-8(2,3)13-7(5-4-6-9)10-11-12-13/h4-6,9H2,1-3H3. The van der Waals surface area contributed by atoms with E-state index >= 15 is 0 Å². The quantitative estimate of drug-likeness (QED) is 0.732. The zero-order valence-electron chi connectivity index (χ0n) is 8.49. The van der Waals surface area contributed by atoms with E-state index < -0.39 is 0 Å². The summed E-state index contributed by atoms with van der Waals surface area (Å²) in [6, 6.07) is 0. The van der Waals surface area contributed by atoms with Crippen LogP contribution in [0, 0.1) is 0 Å². The van der Waals surface area contributed by atoms with Crippen molar-refractivity contribution in [1.82, 2.24) is 20.2 Å². The minimum atomic E-state index is -0.0482. The molecule has 0 aliphatic rings. The molecule has 2 N–H and O–H groups in total. The van der Waals surface area contributed by atoms with Crippen LogP contribution in [-0.2, 0) is 12.0 Å². The van der Waals surface area contributed by atoms with E-state index in [1.165, 1.54) is 0 Å². The van der Waals surface area contributed by atoms with Crippen LogP contribution in [0.25, 0.3) is 0 Å². The average molecular weight is 183 g/mol. The summed E-state index contributed by atoms with van der Waals surface area (Å²) in [7, 11) is 0. The minimum absolute atomic E-state index is 0.0482. The van der Waals surface area contributed by atoms with Gasteiger partial charge >= 0.3 is 0 Å². The predicted octanol–water partition coefficient (Wildman–Crippen LogP) is 0.319. The van der Waals surface area contributed by atoms with Gasteiger partial charge in [-0.3, -0.25) is 0 Å². The van der Waals surface area contributed by atoms with Crippen LogP contribution in [0.3, 0.4) is 0 Å². The fraction of sp³-hybridized carbons (Fsp3) is 0.875. The highest BCUT2D eigenvalue weighted by Gasteiger charge is 2.18. The second-order valence-electron chi connectivity index (χ2n) is 4.07. The van der Waals surface area contributed by atoms with Crippen LogP contribution in [-0.4, -0.2) is 26.8 Å². The third-order valence-electron chi connectivity index (χ3n) is 1.77. The van der Waals surface area contributed by atoms with Gasteiger partial charge in [0.1, 0.15) is 0 Å². The van der Waals surface area contributed by atoms with Gasteiger partial charge in [-0.1, -0.05) is 0 Å². The first-order valence-corrected chi connectivity index (χ1v) is 4.53. The number of aryl methyl sites for hydroxylation is 1. The lowest BCUT2D eigenvalue weighted by Crippen LogP contribution is -2.26. The Bertz CT molecular complexity index is 260. The highest BCUT2D eigenvalue weighted by atomic mass is 15.6. The van der Waals surface area contributed by atoms with E-state index in [2.05, 4.69) is 36.3 Å². The SMILES string of the molecule is CC(C)(C)n1nnnc1CCCN. The molecule has 0 saturated carbocycles. The molecule has 1 rings (SSSR count). The summed E-state index contributed by atoms with van der Waals surface area (Å²) in [6.45, 7) is 6.91. The van der Waals surface area contributed by atoms with Crippen LogP contribution in [0.1, 0.15) is 33.0 Å². The molecule has 1 aromatic heterocycles. The normalized spacial score (nSPS) is 12.0. The topological polar surface area (TPSA) is 69.6 Å². The van der Waals surface area contributed by atoms with Gasteiger partial charge in [-0.2, -0.15) is 0 Å². The van der Waals surface area contributed by atoms with E-state index in [1.54, 1.807) is 0 Å². The summed E-state index contributed by atoms with van der Waals surface area (Å²) in [6.07, 6.45) is 1.78. The lowest BCUT2D eigenvalue weighted by atomic mass is 10.1. The summed E-state index contributed by atoms with van der Waals surface area (Å²) < 4.78 is 1.85. The smallest absolute Gasteiger partial charge is 0.151 e. The van der Waals surface area contributed by atoms with Crippen LogP contribution in [0.4, 0.5) is 0 Å². The number of aromatic nitrogens is 4. The zero-order valence-corrected chi connectivity index (χ0v) is 8.49. The summed E-state index contributed by atoms with van der Waals surface area (Å²) in [5, 5.41) is 11.6. The Morgan fingerprint density at radius 2 is 2.08 bits per heavy atom. The molecule has 74 valence electrons. The molecule has 0 radical (unpaired) electrons. The number of hydrogen-bond donors (Lipinski definition) is 1. The summed E-state index contributed by atoms with van der Waals surface area (Å²) in [4.78, 5) is 0. The number of hydrogen-bond acceptors (Lipinski definition) is 4. The molecule has 0 saturated heterocycles. The maximum Gasteiger partial charge on any atom is 0.151 e. The maximum atomic E-state index is 5.43. The predicted molar refractivity (Wildman–Crippen MR) is 50.2 cm³/mol. The van der Waals surface area contributed by atoms with Crippen molar-refractivity contribution in [3.63, 3.8) is 0 Å². The molecule has 5 heteroatoms. The highest BCUT2D eigenvalue weighted by Crippen LogP contribution is 2.13. The van der Waals surface area contributed by atoms with Crippen molar-refractivity contribution in [1.29, 1.82) is 0 Å². The van der Waals surface area contributed by atoms with Gasteiger partial charge < -0.3 is 5.73 Å². The Morgan fingerprint density at radius 1 is 1.38 bits per heavy atom. The second kappa shape index (κ2) is 3.83. The molecule has 0 bridgehead atoms. The van der Waals surface area contributed by atoms with Crippen LogP contribution < -0.4 is 5.73 Å². The third kappa shape index (κ3) is 2.48. The molecule has 0 aromatic carbocycles. The van der Waals surface area contributed by atoms with Crippen molar-refractivity contribution in [2.75, 3.05) is 6.54 Å². The van der Waals surface area contributed by atoms with Crippen molar-refractivity contribution in [3.8, 4) is 0 Å². The molecule has 0 spiro atoms. The van der Waals surface area contributed by atoms with Crippen LogP contribution in [0.5, 0.6) is 0 Å². The molecule has 0 fully saturated rings. The molecule has 0 aliphatic heterocycles. The molecular formula is C8H17N5. The lowest BCUT2D eigenvalue weighted by Gasteiger charge is -2.19. The van der Waals surface area contributed by atoms with E-state index in [-0.39, 0.29) is 5.54 Å². The molecular weight excluding hydrogens is 166 g/mol. The summed E-state index contributed by atoms with van der Waals surface area (Å²) in [5.41, 5.74) is 5.38. The van der Waals surface area contributed by atoms with E-state index in [4.69, 9.17) is 5.73 Å². The molecule has 1 heterocycles. The zero-order chi connectivity index (χ0) is 9.90. The first-order chi connectivity index (χ1) is 6.05. The lowest BCUT2D eigenvalue weighted by molar-refractivity contribution is 0.334. The van der Waals surface area contributed by atoms with Crippen molar-refractivity contribution in [2.24, 2.45) is 5.73 Å². The Labute approximate surface area is 78.3 Å². The van der Waals surface area contributed by atoms with Crippen LogP contribution in [0.15, 0.2) is 0 Å². The minimum Gasteiger partial charge on any atom is -0.330 e. The first kappa shape index (κ1) is 10.1. The first-order valence-electron chi connectivity index (χ1n) is 4.53. The fourth-order valence-electron chi connectivity index (χ4n) is 1.14. The van der Waals surface area contributed by atoms with Gasteiger partial charge in [0.15, 0.2) is 5.82 Å². The van der Waals surface area contributed by atoms with Gasteiger partial charge in [0.2, 0.25) is 0 Å². The Hall–Kier alpha value is -0.970. The molecule has 5 nitrogen and oxygen atoms in total. The van der Waals surface area contributed by atoms with Gasteiger partial charge in [-0.25, -0.2) is 4.68 Å². The van der Waals surface area contributed by atoms with Crippen molar-refractivity contribution in [3.05, 3.63) is 5.82 Å². The Morgan fingerprint density at radius 3 is 2.62 bits per heavy atom. The monoisotopic (exact) mass is 183 g/mol. The largest absolute Gasteiger partial charge is 0.330 e. The number of tetrazole rings is 1. The van der Waals surface area contributed by atoms with Gasteiger partial charge in [0.05, 0.1) is 5.54 Å². The van der Waals surface area contributed by atoms with Gasteiger partial charge in [-0.15, -0.1) is 5.10 Å². The van der Waals surface area contributed by atoms with E-state index in [1.807, 2.05) is 4.68 Å². The average Bonchev–Trinajstić information content (AvgIpc) is 2.47. The van der Waals surface area contributed by atoms with Gasteiger partial charge in [0, 0.05) is 6.42 Å². The molecule has 1 aromatic rings. The second-order valence-corrected chi connectivity index (χ2v) is 4.07. The molecule has 0 amide bonds. The maximum absolute atomic E-state index is 5.43. The van der Waals surface area contributed by atoms with Gasteiger partial charge in [0.25, 0.3) is 0 Å². The Balaban J connectivity index is 2.77.